The van der Waals surface area contributed by atoms with E-state index in [1.807, 2.05) is 84.9 Å². The molecule has 3 aromatic rings. The Morgan fingerprint density at radius 3 is 2.28 bits per heavy atom. The van der Waals surface area contributed by atoms with E-state index in [4.69, 9.17) is 0 Å². The number of hydrogen-bond donors (Lipinski definition) is 2. The summed E-state index contributed by atoms with van der Waals surface area (Å²) >= 11 is 1.55. The number of amides is 2. The third-order valence-electron chi connectivity index (χ3n) is 5.08. The Balaban J connectivity index is 1.57. The third kappa shape index (κ3) is 7.57. The Morgan fingerprint density at radius 2 is 1.56 bits per heavy atom. The normalized spacial score (nSPS) is 11.5. The fraction of sp³-hybridized carbons (Fsp3) is 0.259. The molecule has 0 bridgehead atoms. The molecule has 5 heteroatoms. The Bertz CT molecular complexity index is 993. The van der Waals surface area contributed by atoms with Gasteiger partial charge in [-0.15, -0.1) is 11.8 Å². The Hall–Kier alpha value is -3.05. The summed E-state index contributed by atoms with van der Waals surface area (Å²) in [5.74, 6) is 0.811. The highest BCUT2D eigenvalue weighted by atomic mass is 32.2. The molecule has 0 aliphatic heterocycles. The standard InChI is InChI=1S/C27H30N2O2S/c1-2-3-17-25(29-26(30)20-32-19-21-11-6-4-7-12-21)27(31)28-24-16-10-15-23(18-24)22-13-8-5-9-14-22/h4-16,18,25H,2-3,17,19-20H2,1H3,(H,28,31)(H,29,30). The fourth-order valence-electron chi connectivity index (χ4n) is 3.39. The van der Waals surface area contributed by atoms with E-state index in [0.717, 1.165) is 35.4 Å². The number of carbonyl (C=O) groups is 2. The summed E-state index contributed by atoms with van der Waals surface area (Å²) < 4.78 is 0. The highest BCUT2D eigenvalue weighted by molar-refractivity contribution is 7.99. The van der Waals surface area contributed by atoms with Crippen LogP contribution in [-0.2, 0) is 15.3 Å². The van der Waals surface area contributed by atoms with Crippen molar-refractivity contribution in [3.05, 3.63) is 90.5 Å². The van der Waals surface area contributed by atoms with Crippen LogP contribution in [0.25, 0.3) is 11.1 Å². The van der Waals surface area contributed by atoms with Crippen LogP contribution < -0.4 is 10.6 Å². The van der Waals surface area contributed by atoms with Gasteiger partial charge in [0.15, 0.2) is 0 Å². The number of nitrogens with one attached hydrogen (secondary N) is 2. The lowest BCUT2D eigenvalue weighted by Crippen LogP contribution is -2.44. The largest absolute Gasteiger partial charge is 0.344 e. The van der Waals surface area contributed by atoms with E-state index in [1.54, 1.807) is 11.8 Å². The van der Waals surface area contributed by atoms with E-state index < -0.39 is 6.04 Å². The second kappa shape index (κ2) is 12.7. The van der Waals surface area contributed by atoms with Crippen molar-refractivity contribution in [1.29, 1.82) is 0 Å². The summed E-state index contributed by atoms with van der Waals surface area (Å²) in [5.41, 5.74) is 4.04. The van der Waals surface area contributed by atoms with Crippen LogP contribution in [0.3, 0.4) is 0 Å². The summed E-state index contributed by atoms with van der Waals surface area (Å²) in [4.78, 5) is 25.5. The van der Waals surface area contributed by atoms with Crippen LogP contribution in [-0.4, -0.2) is 23.6 Å². The molecular formula is C27H30N2O2S. The summed E-state index contributed by atoms with van der Waals surface area (Å²) in [7, 11) is 0. The topological polar surface area (TPSA) is 58.2 Å². The van der Waals surface area contributed by atoms with E-state index >= 15 is 0 Å². The molecule has 3 rings (SSSR count). The minimum absolute atomic E-state index is 0.111. The maximum atomic E-state index is 13.0. The second-order valence-corrected chi connectivity index (χ2v) is 8.66. The number of benzene rings is 3. The highest BCUT2D eigenvalue weighted by Gasteiger charge is 2.20. The van der Waals surface area contributed by atoms with Crippen molar-refractivity contribution in [3.8, 4) is 11.1 Å². The fourth-order valence-corrected chi connectivity index (χ4v) is 4.18. The van der Waals surface area contributed by atoms with Crippen LogP contribution in [0.5, 0.6) is 0 Å². The monoisotopic (exact) mass is 446 g/mol. The number of hydrogen-bond acceptors (Lipinski definition) is 3. The van der Waals surface area contributed by atoms with Gasteiger partial charge < -0.3 is 10.6 Å². The van der Waals surface area contributed by atoms with Gasteiger partial charge in [0.2, 0.25) is 11.8 Å². The lowest BCUT2D eigenvalue weighted by Gasteiger charge is -2.18. The van der Waals surface area contributed by atoms with Crippen molar-refractivity contribution >= 4 is 29.3 Å². The highest BCUT2D eigenvalue weighted by Crippen LogP contribution is 2.22. The minimum atomic E-state index is -0.542. The van der Waals surface area contributed by atoms with Crippen LogP contribution >= 0.6 is 11.8 Å². The molecule has 0 spiro atoms. The van der Waals surface area contributed by atoms with Crippen molar-refractivity contribution in [2.75, 3.05) is 11.1 Å². The molecule has 0 saturated heterocycles. The molecular weight excluding hydrogens is 416 g/mol. The molecule has 0 aliphatic rings. The van der Waals surface area contributed by atoms with Gasteiger partial charge in [-0.1, -0.05) is 92.6 Å². The summed E-state index contributed by atoms with van der Waals surface area (Å²) in [5, 5.41) is 5.92. The molecule has 0 aliphatic carbocycles. The smallest absolute Gasteiger partial charge is 0.246 e. The molecule has 2 amide bonds. The van der Waals surface area contributed by atoms with Crippen molar-refractivity contribution < 1.29 is 9.59 Å². The maximum Gasteiger partial charge on any atom is 0.246 e. The van der Waals surface area contributed by atoms with Crippen molar-refractivity contribution in [1.82, 2.24) is 5.32 Å². The second-order valence-electron chi connectivity index (χ2n) is 7.68. The first-order valence-electron chi connectivity index (χ1n) is 11.0. The van der Waals surface area contributed by atoms with Crippen LogP contribution in [0, 0.1) is 0 Å². The molecule has 166 valence electrons. The number of unbranched alkanes of at least 4 members (excludes halogenated alkanes) is 1. The van der Waals surface area contributed by atoms with Crippen molar-refractivity contribution in [2.45, 2.75) is 38.0 Å². The minimum Gasteiger partial charge on any atom is -0.344 e. The van der Waals surface area contributed by atoms with E-state index in [1.165, 1.54) is 5.56 Å². The van der Waals surface area contributed by atoms with Gasteiger partial charge in [0, 0.05) is 11.4 Å². The first-order valence-corrected chi connectivity index (χ1v) is 12.2. The zero-order chi connectivity index (χ0) is 22.6. The number of thioether (sulfide) groups is 1. The summed E-state index contributed by atoms with van der Waals surface area (Å²) in [6.45, 7) is 2.08. The molecule has 0 saturated carbocycles. The molecule has 0 heterocycles. The van der Waals surface area contributed by atoms with Gasteiger partial charge >= 0.3 is 0 Å². The lowest BCUT2D eigenvalue weighted by atomic mass is 10.0. The summed E-state index contributed by atoms with van der Waals surface area (Å²) in [6.07, 6.45) is 2.46. The zero-order valence-electron chi connectivity index (χ0n) is 18.4. The molecule has 0 aromatic heterocycles. The van der Waals surface area contributed by atoms with Crippen molar-refractivity contribution in [3.63, 3.8) is 0 Å². The average molecular weight is 447 g/mol. The molecule has 32 heavy (non-hydrogen) atoms. The quantitative estimate of drug-likeness (QED) is 0.385. The molecule has 1 unspecified atom stereocenters. The van der Waals surface area contributed by atoms with Gasteiger partial charge in [0.25, 0.3) is 0 Å². The van der Waals surface area contributed by atoms with Gasteiger partial charge in [0.1, 0.15) is 6.04 Å². The van der Waals surface area contributed by atoms with Gasteiger partial charge in [-0.3, -0.25) is 9.59 Å². The average Bonchev–Trinajstić information content (AvgIpc) is 2.83. The predicted octanol–water partition coefficient (Wildman–Crippen LogP) is 5.90. The van der Waals surface area contributed by atoms with E-state index in [-0.39, 0.29) is 11.8 Å². The first kappa shape index (κ1) is 23.6. The van der Waals surface area contributed by atoms with Crippen LogP contribution in [0.1, 0.15) is 31.7 Å². The number of anilines is 1. The Kier molecular flexibility index (Phi) is 9.38. The predicted molar refractivity (Wildman–Crippen MR) is 135 cm³/mol. The molecule has 4 nitrogen and oxygen atoms in total. The zero-order valence-corrected chi connectivity index (χ0v) is 19.2. The SMILES string of the molecule is CCCCC(NC(=O)CSCc1ccccc1)C(=O)Nc1cccc(-c2ccccc2)c1. The molecule has 1 atom stereocenters. The van der Waals surface area contributed by atoms with Gasteiger partial charge in [-0.05, 0) is 35.2 Å². The van der Waals surface area contributed by atoms with Crippen molar-refractivity contribution in [2.24, 2.45) is 0 Å². The molecule has 3 aromatic carbocycles. The van der Waals surface area contributed by atoms with Crippen LogP contribution in [0.2, 0.25) is 0 Å². The van der Waals surface area contributed by atoms with E-state index in [2.05, 4.69) is 17.6 Å². The first-order chi connectivity index (χ1) is 15.7. The number of carbonyl (C=O) groups excluding carboxylic acids is 2. The van der Waals surface area contributed by atoms with Gasteiger partial charge in [-0.2, -0.15) is 0 Å². The van der Waals surface area contributed by atoms with Gasteiger partial charge in [-0.25, -0.2) is 0 Å². The molecule has 0 radical (unpaired) electrons. The maximum absolute atomic E-state index is 13.0. The van der Waals surface area contributed by atoms with Gasteiger partial charge in [0.05, 0.1) is 5.75 Å². The summed E-state index contributed by atoms with van der Waals surface area (Å²) in [6, 6.07) is 27.3. The molecule has 2 N–H and O–H groups in total. The van der Waals surface area contributed by atoms with E-state index in [9.17, 15) is 9.59 Å². The van der Waals surface area contributed by atoms with E-state index in [0.29, 0.717) is 12.2 Å². The van der Waals surface area contributed by atoms with Crippen LogP contribution in [0.15, 0.2) is 84.9 Å². The Morgan fingerprint density at radius 1 is 0.875 bits per heavy atom. The molecule has 0 fully saturated rings. The number of rotatable bonds is 11. The third-order valence-corrected chi connectivity index (χ3v) is 6.08. The lowest BCUT2D eigenvalue weighted by molar-refractivity contribution is -0.125. The Labute approximate surface area is 194 Å². The van der Waals surface area contributed by atoms with Crippen LogP contribution in [0.4, 0.5) is 5.69 Å².